The molecule has 0 saturated heterocycles. The summed E-state index contributed by atoms with van der Waals surface area (Å²) in [5.41, 5.74) is 2.20. The molecule has 1 atom stereocenters. The van der Waals surface area contributed by atoms with Gasteiger partial charge in [-0.2, -0.15) is 0 Å². The van der Waals surface area contributed by atoms with Gasteiger partial charge in [-0.1, -0.05) is 18.2 Å². The van der Waals surface area contributed by atoms with Gasteiger partial charge in [-0.15, -0.1) is 0 Å². The molecule has 0 amide bonds. The van der Waals surface area contributed by atoms with Crippen LogP contribution >= 0.6 is 0 Å². The number of fused-ring (bicyclic) bond motifs is 1. The SMILES string of the molecule is Cc1cccc(C)c1OC[C@@H](O)Cn1cnc2ncccc2c1=O. The van der Waals surface area contributed by atoms with Crippen LogP contribution in [0.25, 0.3) is 11.0 Å². The minimum Gasteiger partial charge on any atom is -0.490 e. The van der Waals surface area contributed by atoms with Crippen LogP contribution in [0.1, 0.15) is 11.1 Å². The van der Waals surface area contributed by atoms with E-state index in [-0.39, 0.29) is 18.7 Å². The highest BCUT2D eigenvalue weighted by Crippen LogP contribution is 2.22. The van der Waals surface area contributed by atoms with Crippen molar-refractivity contribution in [2.45, 2.75) is 26.5 Å². The highest BCUT2D eigenvalue weighted by molar-refractivity contribution is 5.72. The topological polar surface area (TPSA) is 77.2 Å². The minimum absolute atomic E-state index is 0.100. The van der Waals surface area contributed by atoms with Gasteiger partial charge in [-0.25, -0.2) is 9.97 Å². The van der Waals surface area contributed by atoms with Crippen LogP contribution in [0.2, 0.25) is 0 Å². The van der Waals surface area contributed by atoms with Crippen LogP contribution in [-0.2, 0) is 6.54 Å². The largest absolute Gasteiger partial charge is 0.490 e. The van der Waals surface area contributed by atoms with Gasteiger partial charge in [-0.05, 0) is 37.1 Å². The highest BCUT2D eigenvalue weighted by atomic mass is 16.5. The quantitative estimate of drug-likeness (QED) is 0.774. The van der Waals surface area contributed by atoms with Gasteiger partial charge < -0.3 is 9.84 Å². The molecule has 1 N–H and O–H groups in total. The Bertz CT molecular complexity index is 901. The van der Waals surface area contributed by atoms with Gasteiger partial charge in [0, 0.05) is 6.20 Å². The third-order valence-electron chi connectivity index (χ3n) is 3.83. The number of aliphatic hydroxyl groups excluding tert-OH is 1. The number of aromatic nitrogens is 3. The Morgan fingerprint density at radius 3 is 2.67 bits per heavy atom. The number of aryl methyl sites for hydroxylation is 2. The fourth-order valence-electron chi connectivity index (χ4n) is 2.61. The van der Waals surface area contributed by atoms with Crippen molar-refractivity contribution < 1.29 is 9.84 Å². The fourth-order valence-corrected chi connectivity index (χ4v) is 2.61. The van der Waals surface area contributed by atoms with Crippen molar-refractivity contribution in [3.63, 3.8) is 0 Å². The third-order valence-corrected chi connectivity index (χ3v) is 3.83. The molecule has 0 unspecified atom stereocenters. The molecular weight excluding hydrogens is 306 g/mol. The lowest BCUT2D eigenvalue weighted by Gasteiger charge is -2.16. The molecule has 2 heterocycles. The molecule has 2 aromatic heterocycles. The molecule has 0 radical (unpaired) electrons. The van der Waals surface area contributed by atoms with E-state index in [0.717, 1.165) is 16.9 Å². The van der Waals surface area contributed by atoms with Gasteiger partial charge in [0.05, 0.1) is 11.9 Å². The molecule has 0 bridgehead atoms. The Morgan fingerprint density at radius 1 is 1.17 bits per heavy atom. The van der Waals surface area contributed by atoms with Crippen LogP contribution in [0.5, 0.6) is 5.75 Å². The zero-order valence-corrected chi connectivity index (χ0v) is 13.6. The number of pyridine rings is 1. The number of benzene rings is 1. The predicted molar refractivity (Wildman–Crippen MR) is 91.2 cm³/mol. The lowest BCUT2D eigenvalue weighted by molar-refractivity contribution is 0.0908. The van der Waals surface area contributed by atoms with E-state index < -0.39 is 6.10 Å². The maximum absolute atomic E-state index is 12.4. The number of rotatable bonds is 5. The summed E-state index contributed by atoms with van der Waals surface area (Å²) < 4.78 is 7.11. The van der Waals surface area contributed by atoms with Gasteiger partial charge in [0.1, 0.15) is 24.8 Å². The average Bonchev–Trinajstić information content (AvgIpc) is 2.57. The van der Waals surface area contributed by atoms with E-state index in [2.05, 4.69) is 9.97 Å². The molecule has 6 nitrogen and oxygen atoms in total. The summed E-state index contributed by atoms with van der Waals surface area (Å²) in [7, 11) is 0. The molecule has 0 spiro atoms. The molecule has 0 fully saturated rings. The number of hydrogen-bond donors (Lipinski definition) is 1. The molecule has 3 rings (SSSR count). The number of para-hydroxylation sites is 1. The lowest BCUT2D eigenvalue weighted by atomic mass is 10.1. The van der Waals surface area contributed by atoms with Gasteiger partial charge in [0.25, 0.3) is 5.56 Å². The summed E-state index contributed by atoms with van der Waals surface area (Å²) in [6.45, 7) is 4.13. The molecule has 0 saturated carbocycles. The first-order chi connectivity index (χ1) is 11.6. The number of aliphatic hydroxyl groups is 1. The molecular formula is C18H19N3O3. The van der Waals surface area contributed by atoms with E-state index in [9.17, 15) is 9.90 Å². The Labute approximate surface area is 139 Å². The first-order valence-electron chi connectivity index (χ1n) is 7.73. The second-order valence-electron chi connectivity index (χ2n) is 5.76. The van der Waals surface area contributed by atoms with E-state index in [1.54, 1.807) is 18.3 Å². The maximum atomic E-state index is 12.4. The Kier molecular flexibility index (Phi) is 4.57. The average molecular weight is 325 g/mol. The van der Waals surface area contributed by atoms with Crippen LogP contribution in [-0.4, -0.2) is 32.4 Å². The van der Waals surface area contributed by atoms with Crippen molar-refractivity contribution in [2.75, 3.05) is 6.61 Å². The summed E-state index contributed by atoms with van der Waals surface area (Å²) in [5.74, 6) is 0.768. The lowest BCUT2D eigenvalue weighted by Crippen LogP contribution is -2.30. The molecule has 0 aliphatic rings. The third kappa shape index (κ3) is 3.28. The van der Waals surface area contributed by atoms with Crippen molar-refractivity contribution in [3.8, 4) is 5.75 Å². The summed E-state index contributed by atoms with van der Waals surface area (Å²) in [6, 6.07) is 9.24. The molecule has 3 aromatic rings. The van der Waals surface area contributed by atoms with Crippen LogP contribution < -0.4 is 10.3 Å². The van der Waals surface area contributed by atoms with Crippen molar-refractivity contribution >= 4 is 11.0 Å². The zero-order valence-electron chi connectivity index (χ0n) is 13.6. The molecule has 6 heteroatoms. The Balaban J connectivity index is 1.72. The van der Waals surface area contributed by atoms with Gasteiger partial charge in [0.2, 0.25) is 0 Å². The van der Waals surface area contributed by atoms with Crippen molar-refractivity contribution in [2.24, 2.45) is 0 Å². The van der Waals surface area contributed by atoms with E-state index in [1.165, 1.54) is 10.9 Å². The second-order valence-corrected chi connectivity index (χ2v) is 5.76. The number of hydrogen-bond acceptors (Lipinski definition) is 5. The second kappa shape index (κ2) is 6.80. The van der Waals surface area contributed by atoms with E-state index in [1.807, 2.05) is 32.0 Å². The van der Waals surface area contributed by atoms with E-state index in [0.29, 0.717) is 11.0 Å². The predicted octanol–water partition coefficient (Wildman–Crippen LogP) is 1.85. The normalized spacial score (nSPS) is 12.3. The number of ether oxygens (including phenoxy) is 1. The maximum Gasteiger partial charge on any atom is 0.262 e. The summed E-state index contributed by atoms with van der Waals surface area (Å²) in [5, 5.41) is 10.6. The van der Waals surface area contributed by atoms with Crippen molar-refractivity contribution in [3.05, 3.63) is 64.3 Å². The van der Waals surface area contributed by atoms with Crippen molar-refractivity contribution in [1.29, 1.82) is 0 Å². The summed E-state index contributed by atoms with van der Waals surface area (Å²) in [4.78, 5) is 20.6. The first kappa shape index (κ1) is 16.1. The molecule has 124 valence electrons. The highest BCUT2D eigenvalue weighted by Gasteiger charge is 2.12. The first-order valence-corrected chi connectivity index (χ1v) is 7.73. The van der Waals surface area contributed by atoms with Gasteiger partial charge in [-0.3, -0.25) is 9.36 Å². The standard InChI is InChI=1S/C18H19N3O3/c1-12-5-3-6-13(2)16(12)24-10-14(22)9-21-11-20-17-15(18(21)23)7-4-8-19-17/h3-8,11,14,22H,9-10H2,1-2H3/t14-/m0/s1. The monoisotopic (exact) mass is 325 g/mol. The van der Waals surface area contributed by atoms with Crippen LogP contribution in [0.15, 0.2) is 47.7 Å². The van der Waals surface area contributed by atoms with Crippen LogP contribution in [0.4, 0.5) is 0 Å². The molecule has 0 aliphatic carbocycles. The number of nitrogens with zero attached hydrogens (tertiary/aromatic N) is 3. The Morgan fingerprint density at radius 2 is 1.92 bits per heavy atom. The van der Waals surface area contributed by atoms with Gasteiger partial charge in [0.15, 0.2) is 5.65 Å². The minimum atomic E-state index is -0.822. The Hall–Kier alpha value is -2.73. The van der Waals surface area contributed by atoms with Crippen molar-refractivity contribution in [1.82, 2.24) is 14.5 Å². The smallest absolute Gasteiger partial charge is 0.262 e. The summed E-state index contributed by atoms with van der Waals surface area (Å²) in [6.07, 6.45) is 2.17. The fraction of sp³-hybridized carbons (Fsp3) is 0.278. The molecule has 24 heavy (non-hydrogen) atoms. The van der Waals surface area contributed by atoms with Gasteiger partial charge >= 0.3 is 0 Å². The summed E-state index contributed by atoms with van der Waals surface area (Å²) >= 11 is 0. The van der Waals surface area contributed by atoms with Crippen LogP contribution in [0.3, 0.4) is 0 Å². The van der Waals surface area contributed by atoms with E-state index >= 15 is 0 Å². The molecule has 1 aromatic carbocycles. The molecule has 0 aliphatic heterocycles. The zero-order chi connectivity index (χ0) is 17.1. The van der Waals surface area contributed by atoms with E-state index in [4.69, 9.17) is 4.74 Å². The van der Waals surface area contributed by atoms with Crippen LogP contribution in [0, 0.1) is 13.8 Å².